The first-order chi connectivity index (χ1) is 6.81. The second-order valence-corrected chi connectivity index (χ2v) is 4.18. The molecule has 0 aliphatic carbocycles. The molecular weight excluding hydrogens is 174 g/mol. The lowest BCUT2D eigenvalue weighted by molar-refractivity contribution is 0.158. The predicted molar refractivity (Wildman–Crippen MR) is 62.7 cm³/mol. The predicted octanol–water partition coefficient (Wildman–Crippen LogP) is 2.83. The summed E-state index contributed by atoms with van der Waals surface area (Å²) in [4.78, 5) is 0. The van der Waals surface area contributed by atoms with Crippen molar-refractivity contribution in [1.29, 1.82) is 0 Å². The van der Waals surface area contributed by atoms with E-state index < -0.39 is 0 Å². The van der Waals surface area contributed by atoms with Crippen LogP contribution in [-0.4, -0.2) is 26.8 Å². The van der Waals surface area contributed by atoms with Crippen LogP contribution in [0.25, 0.3) is 0 Å². The van der Waals surface area contributed by atoms with Gasteiger partial charge in [0.05, 0.1) is 0 Å². The fraction of sp³-hybridized carbons (Fsp3) is 1.00. The smallest absolute Gasteiger partial charge is 0.0499 e. The average Bonchev–Trinajstić information content (AvgIpc) is 2.17. The van der Waals surface area contributed by atoms with Crippen molar-refractivity contribution in [3.8, 4) is 0 Å². The van der Waals surface area contributed by atoms with Crippen LogP contribution in [-0.2, 0) is 4.74 Å². The van der Waals surface area contributed by atoms with Crippen LogP contribution in [0, 0.1) is 5.92 Å². The Morgan fingerprint density at radius 2 is 1.86 bits per heavy atom. The molecular formula is C12H27NO. The monoisotopic (exact) mass is 201 g/mol. The van der Waals surface area contributed by atoms with Crippen LogP contribution < -0.4 is 5.32 Å². The highest BCUT2D eigenvalue weighted by molar-refractivity contribution is 4.55. The van der Waals surface area contributed by atoms with Gasteiger partial charge in [-0.05, 0) is 25.4 Å². The summed E-state index contributed by atoms with van der Waals surface area (Å²) >= 11 is 0. The van der Waals surface area contributed by atoms with Crippen molar-refractivity contribution in [2.24, 2.45) is 5.92 Å². The maximum atomic E-state index is 5.07. The minimum absolute atomic E-state index is 0.635. The largest absolute Gasteiger partial charge is 0.384 e. The molecule has 1 atom stereocenters. The summed E-state index contributed by atoms with van der Waals surface area (Å²) in [5.74, 6) is 0.635. The van der Waals surface area contributed by atoms with Crippen LogP contribution in [0.2, 0.25) is 0 Å². The van der Waals surface area contributed by atoms with Crippen molar-refractivity contribution < 1.29 is 4.74 Å². The van der Waals surface area contributed by atoms with Gasteiger partial charge in [0.2, 0.25) is 0 Å². The third-order valence-corrected chi connectivity index (χ3v) is 2.40. The Hall–Kier alpha value is -0.0800. The molecule has 0 saturated carbocycles. The first kappa shape index (κ1) is 13.9. The quantitative estimate of drug-likeness (QED) is 0.549. The molecule has 0 aromatic carbocycles. The summed E-state index contributed by atoms with van der Waals surface area (Å²) in [6.45, 7) is 7.58. The fourth-order valence-corrected chi connectivity index (χ4v) is 1.55. The highest BCUT2D eigenvalue weighted by atomic mass is 16.5. The fourth-order valence-electron chi connectivity index (χ4n) is 1.55. The van der Waals surface area contributed by atoms with E-state index in [9.17, 15) is 0 Å². The van der Waals surface area contributed by atoms with Gasteiger partial charge in [-0.1, -0.05) is 39.5 Å². The van der Waals surface area contributed by atoms with Gasteiger partial charge in [-0.3, -0.25) is 0 Å². The summed E-state index contributed by atoms with van der Waals surface area (Å²) in [5.41, 5.74) is 0. The molecule has 0 saturated heterocycles. The lowest BCUT2D eigenvalue weighted by Crippen LogP contribution is -2.24. The molecule has 0 spiro atoms. The summed E-state index contributed by atoms with van der Waals surface area (Å²) in [6, 6.07) is 0. The molecule has 2 heteroatoms. The molecule has 1 unspecified atom stereocenters. The van der Waals surface area contributed by atoms with Gasteiger partial charge < -0.3 is 10.1 Å². The van der Waals surface area contributed by atoms with Crippen molar-refractivity contribution in [1.82, 2.24) is 5.32 Å². The Labute approximate surface area is 89.4 Å². The van der Waals surface area contributed by atoms with Crippen molar-refractivity contribution in [2.45, 2.75) is 46.0 Å². The average molecular weight is 201 g/mol. The Morgan fingerprint density at radius 3 is 2.50 bits per heavy atom. The Morgan fingerprint density at radius 1 is 1.14 bits per heavy atom. The number of unbranched alkanes of at least 4 members (excludes halogenated alkanes) is 4. The molecule has 0 aliphatic rings. The molecule has 0 heterocycles. The molecule has 0 aromatic heterocycles. The van der Waals surface area contributed by atoms with Crippen LogP contribution in [0.15, 0.2) is 0 Å². The zero-order chi connectivity index (χ0) is 10.6. The number of hydrogen-bond acceptors (Lipinski definition) is 2. The van der Waals surface area contributed by atoms with Gasteiger partial charge in [-0.2, -0.15) is 0 Å². The minimum atomic E-state index is 0.635. The number of rotatable bonds is 10. The van der Waals surface area contributed by atoms with Crippen molar-refractivity contribution >= 4 is 0 Å². The SMILES string of the molecule is CCCCCCCNCC(C)COC. The summed E-state index contributed by atoms with van der Waals surface area (Å²) < 4.78 is 5.07. The zero-order valence-electron chi connectivity index (χ0n) is 10.1. The van der Waals surface area contributed by atoms with E-state index in [1.807, 2.05) is 0 Å². The first-order valence-electron chi connectivity index (χ1n) is 6.00. The van der Waals surface area contributed by atoms with Crippen molar-refractivity contribution in [2.75, 3.05) is 26.8 Å². The molecule has 86 valence electrons. The van der Waals surface area contributed by atoms with E-state index >= 15 is 0 Å². The topological polar surface area (TPSA) is 21.3 Å². The van der Waals surface area contributed by atoms with Gasteiger partial charge in [-0.25, -0.2) is 0 Å². The first-order valence-corrected chi connectivity index (χ1v) is 6.00. The second-order valence-electron chi connectivity index (χ2n) is 4.18. The van der Waals surface area contributed by atoms with Gasteiger partial charge in [0.15, 0.2) is 0 Å². The normalized spacial score (nSPS) is 13.1. The van der Waals surface area contributed by atoms with E-state index in [-0.39, 0.29) is 0 Å². The van der Waals surface area contributed by atoms with Crippen molar-refractivity contribution in [3.63, 3.8) is 0 Å². The molecule has 0 amide bonds. The zero-order valence-corrected chi connectivity index (χ0v) is 10.1. The van der Waals surface area contributed by atoms with Gasteiger partial charge in [-0.15, -0.1) is 0 Å². The van der Waals surface area contributed by atoms with E-state index in [2.05, 4.69) is 19.2 Å². The maximum absolute atomic E-state index is 5.07. The van der Waals surface area contributed by atoms with E-state index in [4.69, 9.17) is 4.74 Å². The summed E-state index contributed by atoms with van der Waals surface area (Å²) in [6.07, 6.45) is 6.81. The van der Waals surface area contributed by atoms with Gasteiger partial charge in [0.25, 0.3) is 0 Å². The second kappa shape index (κ2) is 11.0. The number of nitrogens with one attached hydrogen (secondary N) is 1. The highest BCUT2D eigenvalue weighted by Gasteiger charge is 1.99. The van der Waals surface area contributed by atoms with E-state index in [0.717, 1.165) is 19.7 Å². The number of ether oxygens (including phenoxy) is 1. The third kappa shape index (κ3) is 10.0. The van der Waals surface area contributed by atoms with E-state index in [0.29, 0.717) is 5.92 Å². The van der Waals surface area contributed by atoms with E-state index in [1.54, 1.807) is 7.11 Å². The summed E-state index contributed by atoms with van der Waals surface area (Å²) in [7, 11) is 1.77. The van der Waals surface area contributed by atoms with Crippen LogP contribution in [0.1, 0.15) is 46.0 Å². The lowest BCUT2D eigenvalue weighted by atomic mass is 10.1. The van der Waals surface area contributed by atoms with Gasteiger partial charge in [0, 0.05) is 13.7 Å². The molecule has 0 aliphatic heterocycles. The van der Waals surface area contributed by atoms with Crippen molar-refractivity contribution in [3.05, 3.63) is 0 Å². The molecule has 14 heavy (non-hydrogen) atoms. The summed E-state index contributed by atoms with van der Waals surface area (Å²) in [5, 5.41) is 3.47. The van der Waals surface area contributed by atoms with Crippen LogP contribution in [0.5, 0.6) is 0 Å². The van der Waals surface area contributed by atoms with Crippen LogP contribution >= 0.6 is 0 Å². The van der Waals surface area contributed by atoms with Crippen LogP contribution in [0.3, 0.4) is 0 Å². The molecule has 1 N–H and O–H groups in total. The third-order valence-electron chi connectivity index (χ3n) is 2.40. The van der Waals surface area contributed by atoms with Gasteiger partial charge in [0.1, 0.15) is 0 Å². The number of hydrogen-bond donors (Lipinski definition) is 1. The molecule has 0 bridgehead atoms. The Kier molecular flexibility index (Phi) is 10.9. The van der Waals surface area contributed by atoms with E-state index in [1.165, 1.54) is 32.1 Å². The molecule has 0 aromatic rings. The Bertz CT molecular complexity index is 106. The maximum Gasteiger partial charge on any atom is 0.0499 e. The Balaban J connectivity index is 2.98. The number of methoxy groups -OCH3 is 1. The minimum Gasteiger partial charge on any atom is -0.384 e. The lowest BCUT2D eigenvalue weighted by Gasteiger charge is -2.11. The molecule has 0 fully saturated rings. The van der Waals surface area contributed by atoms with Gasteiger partial charge >= 0.3 is 0 Å². The molecule has 2 nitrogen and oxygen atoms in total. The highest BCUT2D eigenvalue weighted by Crippen LogP contribution is 2.01. The molecule has 0 rings (SSSR count). The van der Waals surface area contributed by atoms with Crippen LogP contribution in [0.4, 0.5) is 0 Å². The standard InChI is InChI=1S/C12H27NO/c1-4-5-6-7-8-9-13-10-12(2)11-14-3/h12-13H,4-11H2,1-3H3. The molecule has 0 radical (unpaired) electrons.